The Labute approximate surface area is 126 Å². The van der Waals surface area contributed by atoms with Crippen LogP contribution < -0.4 is 4.74 Å². The molecule has 106 valence electrons. The second-order valence-electron chi connectivity index (χ2n) is 4.57. The Morgan fingerprint density at radius 1 is 0.952 bits per heavy atom. The van der Waals surface area contributed by atoms with E-state index < -0.39 is 0 Å². The molecule has 0 saturated heterocycles. The molecule has 3 aromatic carbocycles. The summed E-state index contributed by atoms with van der Waals surface area (Å²) in [6.45, 7) is 0. The van der Waals surface area contributed by atoms with E-state index in [-0.39, 0.29) is 11.5 Å². The minimum Gasteiger partial charge on any atom is -0.508 e. The van der Waals surface area contributed by atoms with E-state index in [9.17, 15) is 10.2 Å². The lowest BCUT2D eigenvalue weighted by Gasteiger charge is -2.11. The van der Waals surface area contributed by atoms with E-state index in [1.165, 1.54) is 11.8 Å². The number of fused-ring (bicyclic) bond motifs is 1. The summed E-state index contributed by atoms with van der Waals surface area (Å²) in [5.74, 6) is 0.958. The van der Waals surface area contributed by atoms with Crippen molar-refractivity contribution in [3.63, 3.8) is 0 Å². The maximum atomic E-state index is 10.2. The predicted octanol–water partition coefficient (Wildman–Crippen LogP) is 4.41. The second-order valence-corrected chi connectivity index (χ2v) is 5.62. The first kappa shape index (κ1) is 13.6. The molecule has 0 aliphatic rings. The molecule has 0 aliphatic heterocycles. The molecule has 0 saturated carbocycles. The van der Waals surface area contributed by atoms with Crippen molar-refractivity contribution in [2.45, 2.75) is 9.79 Å². The number of hydrogen-bond donors (Lipinski definition) is 2. The standard InChI is InChI=1S/C17H14O3S/c1-20-15-10-12(18)7-9-16(15)21-17-13-5-3-2-4-11(13)6-8-14(17)19/h2-10,18-19H,1H3. The average Bonchev–Trinajstić information content (AvgIpc) is 2.51. The van der Waals surface area contributed by atoms with E-state index >= 15 is 0 Å². The Hall–Kier alpha value is -2.33. The van der Waals surface area contributed by atoms with Crippen LogP contribution in [0.15, 0.2) is 64.4 Å². The van der Waals surface area contributed by atoms with Crippen molar-refractivity contribution in [2.24, 2.45) is 0 Å². The summed E-state index contributed by atoms with van der Waals surface area (Å²) in [6.07, 6.45) is 0. The fourth-order valence-corrected chi connectivity index (χ4v) is 3.26. The highest BCUT2D eigenvalue weighted by Gasteiger charge is 2.12. The Bertz CT molecular complexity index is 799. The van der Waals surface area contributed by atoms with Gasteiger partial charge in [0.25, 0.3) is 0 Å². The summed E-state index contributed by atoms with van der Waals surface area (Å²) in [5.41, 5.74) is 0. The smallest absolute Gasteiger partial charge is 0.136 e. The van der Waals surface area contributed by atoms with Crippen molar-refractivity contribution in [1.82, 2.24) is 0 Å². The van der Waals surface area contributed by atoms with Gasteiger partial charge in [-0.1, -0.05) is 42.1 Å². The number of hydrogen-bond acceptors (Lipinski definition) is 4. The summed E-state index contributed by atoms with van der Waals surface area (Å²) in [5, 5.41) is 21.7. The summed E-state index contributed by atoms with van der Waals surface area (Å²) in [4.78, 5) is 1.61. The Morgan fingerprint density at radius 3 is 2.57 bits per heavy atom. The van der Waals surface area contributed by atoms with Crippen molar-refractivity contribution >= 4 is 22.5 Å². The summed E-state index contributed by atoms with van der Waals surface area (Å²) in [7, 11) is 1.56. The summed E-state index contributed by atoms with van der Waals surface area (Å²) < 4.78 is 5.29. The molecule has 3 nitrogen and oxygen atoms in total. The van der Waals surface area contributed by atoms with E-state index in [1.807, 2.05) is 30.3 Å². The van der Waals surface area contributed by atoms with Gasteiger partial charge in [0.2, 0.25) is 0 Å². The van der Waals surface area contributed by atoms with Gasteiger partial charge in [-0.15, -0.1) is 0 Å². The molecule has 4 heteroatoms. The molecule has 0 spiro atoms. The van der Waals surface area contributed by atoms with E-state index in [2.05, 4.69) is 0 Å². The molecule has 0 atom stereocenters. The lowest BCUT2D eigenvalue weighted by atomic mass is 10.1. The van der Waals surface area contributed by atoms with Crippen LogP contribution in [0.4, 0.5) is 0 Å². The molecule has 3 rings (SSSR count). The van der Waals surface area contributed by atoms with E-state index in [1.54, 1.807) is 31.4 Å². The van der Waals surface area contributed by atoms with Gasteiger partial charge in [0.1, 0.15) is 17.2 Å². The molecule has 21 heavy (non-hydrogen) atoms. The third-order valence-electron chi connectivity index (χ3n) is 3.22. The van der Waals surface area contributed by atoms with Gasteiger partial charge < -0.3 is 14.9 Å². The number of phenols is 2. The van der Waals surface area contributed by atoms with Gasteiger partial charge in [0.15, 0.2) is 0 Å². The minimum absolute atomic E-state index is 0.151. The molecule has 0 radical (unpaired) electrons. The fourth-order valence-electron chi connectivity index (χ4n) is 2.19. The lowest BCUT2D eigenvalue weighted by Crippen LogP contribution is -1.87. The highest BCUT2D eigenvalue weighted by Crippen LogP contribution is 2.43. The van der Waals surface area contributed by atoms with Crippen molar-refractivity contribution in [3.8, 4) is 17.2 Å². The quantitative estimate of drug-likeness (QED) is 0.752. The number of rotatable bonds is 3. The van der Waals surface area contributed by atoms with Crippen LogP contribution in [0, 0.1) is 0 Å². The van der Waals surface area contributed by atoms with E-state index in [0.29, 0.717) is 5.75 Å². The SMILES string of the molecule is COc1cc(O)ccc1Sc1c(O)ccc2ccccc12. The van der Waals surface area contributed by atoms with Crippen LogP contribution in [0.25, 0.3) is 10.8 Å². The highest BCUT2D eigenvalue weighted by molar-refractivity contribution is 7.99. The molecule has 0 amide bonds. The maximum absolute atomic E-state index is 10.2. The molecule has 0 aromatic heterocycles. The molecule has 0 unspecified atom stereocenters. The van der Waals surface area contributed by atoms with Gasteiger partial charge in [-0.3, -0.25) is 0 Å². The van der Waals surface area contributed by atoms with Crippen LogP contribution in [0.3, 0.4) is 0 Å². The number of phenolic OH excluding ortho intramolecular Hbond substituents is 2. The van der Waals surface area contributed by atoms with E-state index in [4.69, 9.17) is 4.74 Å². The van der Waals surface area contributed by atoms with Crippen molar-refractivity contribution in [2.75, 3.05) is 7.11 Å². The molecular weight excluding hydrogens is 284 g/mol. The highest BCUT2D eigenvalue weighted by atomic mass is 32.2. The monoisotopic (exact) mass is 298 g/mol. The number of ether oxygens (including phenoxy) is 1. The molecular formula is C17H14O3S. The Kier molecular flexibility index (Phi) is 3.62. The van der Waals surface area contributed by atoms with Crippen molar-refractivity contribution in [3.05, 3.63) is 54.6 Å². The Balaban J connectivity index is 2.12. The zero-order chi connectivity index (χ0) is 14.8. The van der Waals surface area contributed by atoms with Gasteiger partial charge in [-0.25, -0.2) is 0 Å². The van der Waals surface area contributed by atoms with Crippen LogP contribution in [-0.2, 0) is 0 Å². The van der Waals surface area contributed by atoms with Gasteiger partial charge in [-0.2, -0.15) is 0 Å². The van der Waals surface area contributed by atoms with Gasteiger partial charge in [0.05, 0.1) is 16.9 Å². The third kappa shape index (κ3) is 2.62. The van der Waals surface area contributed by atoms with Gasteiger partial charge in [0, 0.05) is 6.07 Å². The average molecular weight is 298 g/mol. The van der Waals surface area contributed by atoms with Crippen LogP contribution in [-0.4, -0.2) is 17.3 Å². The van der Waals surface area contributed by atoms with Crippen LogP contribution in [0.1, 0.15) is 0 Å². The van der Waals surface area contributed by atoms with Crippen molar-refractivity contribution < 1.29 is 14.9 Å². The fraction of sp³-hybridized carbons (Fsp3) is 0.0588. The topological polar surface area (TPSA) is 49.7 Å². The largest absolute Gasteiger partial charge is 0.508 e. The summed E-state index contributed by atoms with van der Waals surface area (Å²) in [6, 6.07) is 16.4. The molecule has 0 heterocycles. The molecule has 0 aliphatic carbocycles. The first-order valence-electron chi connectivity index (χ1n) is 6.44. The molecule has 0 fully saturated rings. The molecule has 0 bridgehead atoms. The van der Waals surface area contributed by atoms with E-state index in [0.717, 1.165) is 20.6 Å². The number of methoxy groups -OCH3 is 1. The maximum Gasteiger partial charge on any atom is 0.136 e. The lowest BCUT2D eigenvalue weighted by molar-refractivity contribution is 0.398. The normalized spacial score (nSPS) is 10.7. The van der Waals surface area contributed by atoms with Gasteiger partial charge in [-0.05, 0) is 29.0 Å². The first-order chi connectivity index (χ1) is 10.2. The third-order valence-corrected chi connectivity index (χ3v) is 4.41. The van der Waals surface area contributed by atoms with Crippen LogP contribution in [0.5, 0.6) is 17.2 Å². The zero-order valence-corrected chi connectivity index (χ0v) is 12.2. The number of benzene rings is 3. The minimum atomic E-state index is 0.151. The Morgan fingerprint density at radius 2 is 1.76 bits per heavy atom. The molecule has 3 aromatic rings. The first-order valence-corrected chi connectivity index (χ1v) is 7.26. The summed E-state index contributed by atoms with van der Waals surface area (Å²) >= 11 is 1.42. The molecule has 2 N–H and O–H groups in total. The van der Waals surface area contributed by atoms with Gasteiger partial charge >= 0.3 is 0 Å². The zero-order valence-electron chi connectivity index (χ0n) is 11.4. The second kappa shape index (κ2) is 5.58. The number of aromatic hydroxyl groups is 2. The van der Waals surface area contributed by atoms with Crippen molar-refractivity contribution in [1.29, 1.82) is 0 Å². The van der Waals surface area contributed by atoms with Crippen LogP contribution in [0.2, 0.25) is 0 Å². The van der Waals surface area contributed by atoms with Crippen LogP contribution >= 0.6 is 11.8 Å². The predicted molar refractivity (Wildman–Crippen MR) is 84.4 cm³/mol.